The van der Waals surface area contributed by atoms with Gasteiger partial charge in [-0.2, -0.15) is 0 Å². The van der Waals surface area contributed by atoms with Crippen molar-refractivity contribution in [3.8, 4) is 5.75 Å². The number of hydrogen-bond acceptors (Lipinski definition) is 2. The number of aliphatic hydroxyl groups is 1. The zero-order valence-electron chi connectivity index (χ0n) is 9.71. The Bertz CT molecular complexity index is 313. The number of ether oxygens (including phenoxy) is 1. The van der Waals surface area contributed by atoms with Gasteiger partial charge in [0.05, 0.1) is 13.2 Å². The van der Waals surface area contributed by atoms with Gasteiger partial charge in [0.15, 0.2) is 0 Å². The third kappa shape index (κ3) is 4.42. The molecule has 0 saturated heterocycles. The van der Waals surface area contributed by atoms with Gasteiger partial charge in [-0.3, -0.25) is 0 Å². The van der Waals surface area contributed by atoms with Crippen molar-refractivity contribution in [1.82, 2.24) is 0 Å². The summed E-state index contributed by atoms with van der Waals surface area (Å²) in [7, 11) is 0. The maximum absolute atomic E-state index is 9.14. The molecule has 0 bridgehead atoms. The van der Waals surface area contributed by atoms with E-state index in [4.69, 9.17) is 21.4 Å². The van der Waals surface area contributed by atoms with Crippen molar-refractivity contribution in [3.05, 3.63) is 28.8 Å². The molecular formula is C13H19ClO2. The van der Waals surface area contributed by atoms with E-state index in [2.05, 4.69) is 6.92 Å². The fraction of sp³-hybridized carbons (Fsp3) is 0.538. The predicted molar refractivity (Wildman–Crippen MR) is 67.0 cm³/mol. The first kappa shape index (κ1) is 13.3. The van der Waals surface area contributed by atoms with Crippen LogP contribution in [0.15, 0.2) is 18.2 Å². The van der Waals surface area contributed by atoms with Crippen LogP contribution in [-0.4, -0.2) is 11.7 Å². The summed E-state index contributed by atoms with van der Waals surface area (Å²) in [5, 5.41) is 9.77. The molecule has 1 aromatic carbocycles. The van der Waals surface area contributed by atoms with Gasteiger partial charge in [-0.05, 0) is 24.6 Å². The number of rotatable bonds is 7. The van der Waals surface area contributed by atoms with Crippen molar-refractivity contribution in [2.45, 2.75) is 39.2 Å². The van der Waals surface area contributed by atoms with Gasteiger partial charge in [-0.15, -0.1) is 0 Å². The maximum Gasteiger partial charge on any atom is 0.124 e. The summed E-state index contributed by atoms with van der Waals surface area (Å²) in [6.07, 6.45) is 4.72. The average Bonchev–Trinajstić information content (AvgIpc) is 2.30. The first-order chi connectivity index (χ1) is 7.77. The zero-order chi connectivity index (χ0) is 11.8. The van der Waals surface area contributed by atoms with Gasteiger partial charge < -0.3 is 9.84 Å². The van der Waals surface area contributed by atoms with Crippen LogP contribution in [0, 0.1) is 0 Å². The number of unbranched alkanes of at least 4 members (excludes halogenated alkanes) is 3. The number of hydrogen-bond donors (Lipinski definition) is 1. The van der Waals surface area contributed by atoms with E-state index < -0.39 is 0 Å². The van der Waals surface area contributed by atoms with Crippen LogP contribution in [0.4, 0.5) is 0 Å². The van der Waals surface area contributed by atoms with Crippen molar-refractivity contribution in [1.29, 1.82) is 0 Å². The maximum atomic E-state index is 9.14. The van der Waals surface area contributed by atoms with Crippen molar-refractivity contribution < 1.29 is 9.84 Å². The van der Waals surface area contributed by atoms with E-state index >= 15 is 0 Å². The molecule has 0 unspecified atom stereocenters. The van der Waals surface area contributed by atoms with Gasteiger partial charge in [0.1, 0.15) is 5.75 Å². The van der Waals surface area contributed by atoms with Crippen molar-refractivity contribution in [2.75, 3.05) is 6.61 Å². The molecule has 0 amide bonds. The van der Waals surface area contributed by atoms with Gasteiger partial charge in [-0.1, -0.05) is 37.8 Å². The third-order valence-corrected chi connectivity index (χ3v) is 2.68. The Labute approximate surface area is 102 Å². The second-order valence-corrected chi connectivity index (χ2v) is 4.26. The fourth-order valence-electron chi connectivity index (χ4n) is 1.52. The van der Waals surface area contributed by atoms with E-state index in [1.165, 1.54) is 19.3 Å². The molecule has 0 aromatic heterocycles. The van der Waals surface area contributed by atoms with E-state index in [-0.39, 0.29) is 6.61 Å². The summed E-state index contributed by atoms with van der Waals surface area (Å²) in [6, 6.07) is 5.33. The Morgan fingerprint density at radius 2 is 2.06 bits per heavy atom. The molecule has 90 valence electrons. The van der Waals surface area contributed by atoms with E-state index in [0.29, 0.717) is 11.6 Å². The molecule has 0 saturated carbocycles. The Morgan fingerprint density at radius 1 is 1.25 bits per heavy atom. The summed E-state index contributed by atoms with van der Waals surface area (Å²) in [5.74, 6) is 0.739. The van der Waals surface area contributed by atoms with E-state index in [1.54, 1.807) is 12.1 Å². The second kappa shape index (κ2) is 7.53. The molecule has 0 heterocycles. The molecule has 1 N–H and O–H groups in total. The lowest BCUT2D eigenvalue weighted by Gasteiger charge is -2.10. The smallest absolute Gasteiger partial charge is 0.124 e. The molecule has 0 atom stereocenters. The second-order valence-electron chi connectivity index (χ2n) is 3.82. The molecule has 0 aliphatic carbocycles. The quantitative estimate of drug-likeness (QED) is 0.738. The molecule has 0 aliphatic rings. The Hall–Kier alpha value is -0.730. The summed E-state index contributed by atoms with van der Waals surface area (Å²) < 4.78 is 5.61. The SMILES string of the molecule is CCCCCCOc1ccc(Cl)cc1CO. The fourth-order valence-corrected chi connectivity index (χ4v) is 1.72. The highest BCUT2D eigenvalue weighted by atomic mass is 35.5. The van der Waals surface area contributed by atoms with Crippen molar-refractivity contribution >= 4 is 11.6 Å². The van der Waals surface area contributed by atoms with Gasteiger partial charge in [0, 0.05) is 10.6 Å². The minimum Gasteiger partial charge on any atom is -0.493 e. The molecule has 3 heteroatoms. The highest BCUT2D eigenvalue weighted by Gasteiger charge is 2.03. The monoisotopic (exact) mass is 242 g/mol. The first-order valence-corrected chi connectivity index (χ1v) is 6.17. The van der Waals surface area contributed by atoms with Crippen LogP contribution in [0.25, 0.3) is 0 Å². The highest BCUT2D eigenvalue weighted by molar-refractivity contribution is 6.30. The Morgan fingerprint density at radius 3 is 2.75 bits per heavy atom. The molecule has 0 fully saturated rings. The minimum atomic E-state index is -0.0369. The van der Waals surface area contributed by atoms with Crippen LogP contribution in [0.3, 0.4) is 0 Å². The van der Waals surface area contributed by atoms with Gasteiger partial charge in [0.25, 0.3) is 0 Å². The molecule has 16 heavy (non-hydrogen) atoms. The molecule has 2 nitrogen and oxygen atoms in total. The van der Waals surface area contributed by atoms with E-state index in [1.807, 2.05) is 6.07 Å². The van der Waals surface area contributed by atoms with E-state index in [9.17, 15) is 0 Å². The van der Waals surface area contributed by atoms with Gasteiger partial charge in [0.2, 0.25) is 0 Å². The molecule has 0 radical (unpaired) electrons. The third-order valence-electron chi connectivity index (χ3n) is 2.45. The molecule has 0 spiro atoms. The summed E-state index contributed by atoms with van der Waals surface area (Å²) in [4.78, 5) is 0. The van der Waals surface area contributed by atoms with Crippen LogP contribution in [0.2, 0.25) is 5.02 Å². The van der Waals surface area contributed by atoms with Crippen LogP contribution in [-0.2, 0) is 6.61 Å². The molecular weight excluding hydrogens is 224 g/mol. The number of halogens is 1. The van der Waals surface area contributed by atoms with Gasteiger partial charge in [-0.25, -0.2) is 0 Å². The largest absolute Gasteiger partial charge is 0.493 e. The summed E-state index contributed by atoms with van der Waals surface area (Å²) in [5.41, 5.74) is 0.753. The highest BCUT2D eigenvalue weighted by Crippen LogP contribution is 2.23. The predicted octanol–water partition coefficient (Wildman–Crippen LogP) is 3.79. The standard InChI is InChI=1S/C13H19ClO2/c1-2-3-4-5-8-16-13-7-6-12(14)9-11(13)10-15/h6-7,9,15H,2-5,8,10H2,1H3. The summed E-state index contributed by atoms with van der Waals surface area (Å²) >= 11 is 5.83. The zero-order valence-corrected chi connectivity index (χ0v) is 10.5. The van der Waals surface area contributed by atoms with Crippen LogP contribution in [0.1, 0.15) is 38.2 Å². The van der Waals surface area contributed by atoms with E-state index in [0.717, 1.165) is 17.7 Å². The van der Waals surface area contributed by atoms with Crippen LogP contribution in [0.5, 0.6) is 5.75 Å². The van der Waals surface area contributed by atoms with Crippen molar-refractivity contribution in [3.63, 3.8) is 0 Å². The van der Waals surface area contributed by atoms with Gasteiger partial charge >= 0.3 is 0 Å². The lowest BCUT2D eigenvalue weighted by Crippen LogP contribution is -2.00. The van der Waals surface area contributed by atoms with Crippen LogP contribution < -0.4 is 4.74 Å². The minimum absolute atomic E-state index is 0.0369. The topological polar surface area (TPSA) is 29.5 Å². The average molecular weight is 243 g/mol. The number of benzene rings is 1. The van der Waals surface area contributed by atoms with Crippen molar-refractivity contribution in [2.24, 2.45) is 0 Å². The molecule has 1 aromatic rings. The lowest BCUT2D eigenvalue weighted by molar-refractivity contribution is 0.260. The Kier molecular flexibility index (Phi) is 6.27. The molecule has 0 aliphatic heterocycles. The normalized spacial score (nSPS) is 10.4. The summed E-state index contributed by atoms with van der Waals surface area (Å²) in [6.45, 7) is 2.85. The lowest BCUT2D eigenvalue weighted by atomic mass is 10.2. The first-order valence-electron chi connectivity index (χ1n) is 5.80. The molecule has 1 rings (SSSR count). The Balaban J connectivity index is 2.41. The van der Waals surface area contributed by atoms with Crippen LogP contribution >= 0.6 is 11.6 Å². The number of aliphatic hydroxyl groups excluding tert-OH is 1.